The molecule has 4 rings (SSSR count). The second kappa shape index (κ2) is 8.81. The smallest absolute Gasteiger partial charge is 0.406 e. The van der Waals surface area contributed by atoms with Crippen LogP contribution in [0, 0.1) is 5.82 Å². The van der Waals surface area contributed by atoms with Crippen LogP contribution in [0.5, 0.6) is 5.75 Å². The van der Waals surface area contributed by atoms with E-state index >= 15 is 0 Å². The third-order valence-corrected chi connectivity index (χ3v) is 4.65. The van der Waals surface area contributed by atoms with Gasteiger partial charge in [0.25, 0.3) is 5.56 Å². The van der Waals surface area contributed by atoms with Crippen molar-refractivity contribution in [3.8, 4) is 22.6 Å². The van der Waals surface area contributed by atoms with E-state index in [0.717, 1.165) is 34.9 Å². The Morgan fingerprint density at radius 3 is 2.00 bits per heavy atom. The van der Waals surface area contributed by atoms with Crippen LogP contribution in [0.4, 0.5) is 30.7 Å². The van der Waals surface area contributed by atoms with Gasteiger partial charge in [-0.25, -0.2) is 9.37 Å². The lowest BCUT2D eigenvalue weighted by Crippen LogP contribution is -2.20. The van der Waals surface area contributed by atoms with Crippen molar-refractivity contribution in [1.82, 2.24) is 9.55 Å². The van der Waals surface area contributed by atoms with Crippen molar-refractivity contribution in [2.45, 2.75) is 20.0 Å². The van der Waals surface area contributed by atoms with Crippen molar-refractivity contribution in [3.63, 3.8) is 0 Å². The Bertz CT molecular complexity index is 1370. The van der Waals surface area contributed by atoms with Crippen molar-refractivity contribution in [2.75, 3.05) is 0 Å². The number of hydrogen-bond acceptors (Lipinski definition) is 3. The molecule has 4 aromatic rings. The normalized spacial score (nSPS) is 11.9. The zero-order chi connectivity index (χ0) is 24.0. The molecule has 0 bridgehead atoms. The molecule has 0 atom stereocenters. The van der Waals surface area contributed by atoms with Gasteiger partial charge in [-0.3, -0.25) is 9.36 Å². The molecule has 0 aliphatic carbocycles. The van der Waals surface area contributed by atoms with E-state index in [1.807, 2.05) is 0 Å². The van der Waals surface area contributed by atoms with Crippen LogP contribution in [0.15, 0.2) is 71.7 Å². The van der Waals surface area contributed by atoms with Gasteiger partial charge in [0.2, 0.25) is 0 Å². The van der Waals surface area contributed by atoms with Crippen LogP contribution < -0.4 is 10.3 Å². The Kier molecular flexibility index (Phi) is 6.41. The number of halogens is 7. The Hall–Kier alpha value is -3.89. The van der Waals surface area contributed by atoms with Gasteiger partial charge in [-0.15, -0.1) is 13.2 Å². The molecular weight excluding hydrogens is 469 g/mol. The van der Waals surface area contributed by atoms with Gasteiger partial charge in [-0.05, 0) is 54.1 Å². The second-order valence-corrected chi connectivity index (χ2v) is 6.86. The Morgan fingerprint density at radius 2 is 1.44 bits per heavy atom. The van der Waals surface area contributed by atoms with Crippen molar-refractivity contribution >= 4 is 10.9 Å². The molecule has 0 aliphatic rings. The first-order valence-corrected chi connectivity index (χ1v) is 9.18. The van der Waals surface area contributed by atoms with Gasteiger partial charge in [-0.2, -0.15) is 13.2 Å². The second-order valence-electron chi connectivity index (χ2n) is 6.86. The standard InChI is InChI=1S/C22H11F7N2O2.CH4/c23-13-3-1-12(2-4-13)17-11-31(14-5-7-15(8-6-14)33-22(27,28)29)20(32)16-9-10-18(21(24,25)26)30-19(16)17;/h1-11H;1H4. The van der Waals surface area contributed by atoms with E-state index in [9.17, 15) is 35.5 Å². The highest BCUT2D eigenvalue weighted by Gasteiger charge is 2.33. The van der Waals surface area contributed by atoms with E-state index in [1.165, 1.54) is 30.5 Å². The summed E-state index contributed by atoms with van der Waals surface area (Å²) in [7, 11) is 0. The van der Waals surface area contributed by atoms with Crippen LogP contribution in [-0.2, 0) is 6.18 Å². The van der Waals surface area contributed by atoms with E-state index in [4.69, 9.17) is 0 Å². The van der Waals surface area contributed by atoms with Gasteiger partial charge in [0.05, 0.1) is 10.9 Å². The summed E-state index contributed by atoms with van der Waals surface area (Å²) in [6.07, 6.45) is -8.47. The average Bonchev–Trinajstić information content (AvgIpc) is 2.74. The molecule has 0 aliphatic heterocycles. The third-order valence-electron chi connectivity index (χ3n) is 4.65. The fourth-order valence-electron chi connectivity index (χ4n) is 3.21. The fraction of sp³-hybridized carbons (Fsp3) is 0.130. The summed E-state index contributed by atoms with van der Waals surface area (Å²) in [5, 5.41) is -0.166. The van der Waals surface area contributed by atoms with Crippen LogP contribution in [0.1, 0.15) is 13.1 Å². The number of hydrogen-bond donors (Lipinski definition) is 0. The van der Waals surface area contributed by atoms with E-state index in [2.05, 4.69) is 9.72 Å². The summed E-state index contributed by atoms with van der Waals surface area (Å²) in [4.78, 5) is 16.6. The molecule has 4 nitrogen and oxygen atoms in total. The molecule has 11 heteroatoms. The maximum absolute atomic E-state index is 13.4. The zero-order valence-electron chi connectivity index (χ0n) is 16.2. The Labute approximate surface area is 187 Å². The lowest BCUT2D eigenvalue weighted by atomic mass is 10.0. The molecule has 178 valence electrons. The van der Waals surface area contributed by atoms with Crippen molar-refractivity contribution in [2.24, 2.45) is 0 Å². The third kappa shape index (κ3) is 5.03. The first-order valence-electron chi connectivity index (χ1n) is 9.18. The molecular formula is C23H15F7N2O2. The molecule has 0 radical (unpaired) electrons. The fourth-order valence-corrected chi connectivity index (χ4v) is 3.21. The highest BCUT2D eigenvalue weighted by Crippen LogP contribution is 2.32. The van der Waals surface area contributed by atoms with Crippen LogP contribution in [0.25, 0.3) is 27.7 Å². The lowest BCUT2D eigenvalue weighted by molar-refractivity contribution is -0.274. The van der Waals surface area contributed by atoms with Gasteiger partial charge in [0.15, 0.2) is 0 Å². The van der Waals surface area contributed by atoms with Crippen LogP contribution in [-0.4, -0.2) is 15.9 Å². The molecule has 34 heavy (non-hydrogen) atoms. The monoisotopic (exact) mass is 484 g/mol. The van der Waals surface area contributed by atoms with E-state index < -0.39 is 35.4 Å². The summed E-state index contributed by atoms with van der Waals surface area (Å²) < 4.78 is 95.1. The summed E-state index contributed by atoms with van der Waals surface area (Å²) in [6, 6.07) is 10.8. The van der Waals surface area contributed by atoms with Gasteiger partial charge in [0, 0.05) is 17.4 Å². The van der Waals surface area contributed by atoms with Gasteiger partial charge >= 0.3 is 12.5 Å². The van der Waals surface area contributed by atoms with Gasteiger partial charge < -0.3 is 4.74 Å². The molecule has 0 unspecified atom stereocenters. The maximum Gasteiger partial charge on any atom is 0.573 e. The molecule has 2 heterocycles. The number of rotatable bonds is 3. The number of nitrogens with zero attached hydrogens (tertiary/aromatic N) is 2. The number of fused-ring (bicyclic) bond motifs is 1. The Morgan fingerprint density at radius 1 is 0.824 bits per heavy atom. The first kappa shape index (κ1) is 24.7. The predicted molar refractivity (Wildman–Crippen MR) is 111 cm³/mol. The van der Waals surface area contributed by atoms with E-state index in [1.54, 1.807) is 0 Å². The summed E-state index contributed by atoms with van der Waals surface area (Å²) in [5.41, 5.74) is -1.73. The molecule has 0 N–H and O–H groups in total. The maximum atomic E-state index is 13.4. The molecule has 0 saturated heterocycles. The van der Waals surface area contributed by atoms with Crippen LogP contribution in [0.3, 0.4) is 0 Å². The molecule has 0 saturated carbocycles. The largest absolute Gasteiger partial charge is 0.573 e. The number of ether oxygens (including phenoxy) is 1. The average molecular weight is 484 g/mol. The highest BCUT2D eigenvalue weighted by molar-refractivity contribution is 5.93. The van der Waals surface area contributed by atoms with Crippen LogP contribution in [0.2, 0.25) is 0 Å². The minimum absolute atomic E-state index is 0. The zero-order valence-corrected chi connectivity index (χ0v) is 16.2. The molecule has 2 aromatic heterocycles. The summed E-state index contributed by atoms with van der Waals surface area (Å²) >= 11 is 0. The number of aromatic nitrogens is 2. The van der Waals surface area contributed by atoms with Gasteiger partial charge in [0.1, 0.15) is 17.3 Å². The molecule has 0 amide bonds. The van der Waals surface area contributed by atoms with E-state index in [0.29, 0.717) is 6.07 Å². The highest BCUT2D eigenvalue weighted by atomic mass is 19.4. The van der Waals surface area contributed by atoms with Crippen molar-refractivity contribution in [3.05, 3.63) is 88.7 Å². The number of benzene rings is 2. The molecule has 0 fully saturated rings. The van der Waals surface area contributed by atoms with Crippen molar-refractivity contribution < 1.29 is 35.5 Å². The summed E-state index contributed by atoms with van der Waals surface area (Å²) in [6.45, 7) is 0. The Balaban J connectivity index is 0.00000324. The predicted octanol–water partition coefficient (Wildman–Crippen LogP) is 6.75. The quantitative estimate of drug-likeness (QED) is 0.303. The lowest BCUT2D eigenvalue weighted by Gasteiger charge is -2.15. The minimum Gasteiger partial charge on any atom is -0.406 e. The molecule has 0 spiro atoms. The first-order chi connectivity index (χ1) is 15.4. The van der Waals surface area contributed by atoms with Gasteiger partial charge in [-0.1, -0.05) is 19.6 Å². The van der Waals surface area contributed by atoms with Crippen LogP contribution >= 0.6 is 0 Å². The molecule has 2 aromatic carbocycles. The number of pyridine rings is 2. The minimum atomic E-state index is -4.90. The topological polar surface area (TPSA) is 44.1 Å². The number of alkyl halides is 6. The SMILES string of the molecule is C.O=c1c2ccc(C(F)(F)F)nc2c(-c2ccc(F)cc2)cn1-c1ccc(OC(F)(F)F)cc1. The van der Waals surface area contributed by atoms with E-state index in [-0.39, 0.29) is 35.1 Å². The van der Waals surface area contributed by atoms with Crippen molar-refractivity contribution in [1.29, 1.82) is 0 Å². The summed E-state index contributed by atoms with van der Waals surface area (Å²) in [5.74, 6) is -1.10.